The molecule has 0 spiro atoms. The molecule has 30 heavy (non-hydrogen) atoms. The smallest absolute Gasteiger partial charge is 0.251 e. The zero-order chi connectivity index (χ0) is 21.3. The van der Waals surface area contributed by atoms with Gasteiger partial charge in [0.1, 0.15) is 5.75 Å². The predicted molar refractivity (Wildman–Crippen MR) is 112 cm³/mol. The molecule has 2 aromatic rings. The molecule has 0 aromatic heterocycles. The number of amides is 1. The minimum Gasteiger partial charge on any atom is -0.496 e. The van der Waals surface area contributed by atoms with Crippen LogP contribution in [0.1, 0.15) is 33.5 Å². The molecule has 1 N–H and O–H groups in total. The number of carbonyl (C=O) groups is 1. The SMILES string of the molecule is COc1ccc(S(=O)(=O)N2CCc3cc(C(=O)N[C@@H]4CCOC4)ccc3C2)cc1C. The summed E-state index contributed by atoms with van der Waals surface area (Å²) < 4.78 is 38.3. The van der Waals surface area contributed by atoms with Gasteiger partial charge in [0, 0.05) is 25.3 Å². The molecule has 2 aromatic carbocycles. The molecule has 0 bridgehead atoms. The molecule has 8 heteroatoms. The summed E-state index contributed by atoms with van der Waals surface area (Å²) >= 11 is 0. The number of hydrogen-bond acceptors (Lipinski definition) is 5. The van der Waals surface area contributed by atoms with E-state index in [1.165, 1.54) is 4.31 Å². The summed E-state index contributed by atoms with van der Waals surface area (Å²) in [5.41, 5.74) is 3.32. The van der Waals surface area contributed by atoms with Gasteiger partial charge in [-0.2, -0.15) is 4.31 Å². The maximum Gasteiger partial charge on any atom is 0.251 e. The number of benzene rings is 2. The normalized spacial score (nSPS) is 19.3. The lowest BCUT2D eigenvalue weighted by Crippen LogP contribution is -2.37. The zero-order valence-electron chi connectivity index (χ0n) is 17.2. The topological polar surface area (TPSA) is 84.9 Å². The Kier molecular flexibility index (Phi) is 5.81. The van der Waals surface area contributed by atoms with Crippen LogP contribution in [0.2, 0.25) is 0 Å². The van der Waals surface area contributed by atoms with Crippen LogP contribution in [0.25, 0.3) is 0 Å². The monoisotopic (exact) mass is 430 g/mol. The minimum atomic E-state index is -3.61. The van der Waals surface area contributed by atoms with Gasteiger partial charge in [-0.25, -0.2) is 8.42 Å². The first-order chi connectivity index (χ1) is 14.4. The van der Waals surface area contributed by atoms with E-state index in [-0.39, 0.29) is 16.8 Å². The largest absolute Gasteiger partial charge is 0.496 e. The second kappa shape index (κ2) is 8.37. The number of rotatable bonds is 5. The minimum absolute atomic E-state index is 0.0575. The van der Waals surface area contributed by atoms with Crippen molar-refractivity contribution in [1.82, 2.24) is 9.62 Å². The average molecular weight is 431 g/mol. The van der Waals surface area contributed by atoms with Gasteiger partial charge in [-0.05, 0) is 66.8 Å². The second-order valence-corrected chi connectivity index (χ2v) is 9.68. The van der Waals surface area contributed by atoms with Gasteiger partial charge in [-0.15, -0.1) is 0 Å². The first-order valence-corrected chi connectivity index (χ1v) is 11.5. The van der Waals surface area contributed by atoms with Crippen molar-refractivity contribution in [3.05, 3.63) is 58.7 Å². The van der Waals surface area contributed by atoms with Crippen molar-refractivity contribution in [3.8, 4) is 5.75 Å². The van der Waals surface area contributed by atoms with E-state index >= 15 is 0 Å². The Morgan fingerprint density at radius 2 is 2.03 bits per heavy atom. The summed E-state index contributed by atoms with van der Waals surface area (Å²) in [6.45, 7) is 3.72. The van der Waals surface area contributed by atoms with Crippen LogP contribution in [0.3, 0.4) is 0 Å². The van der Waals surface area contributed by atoms with Crippen molar-refractivity contribution in [2.75, 3.05) is 26.9 Å². The van der Waals surface area contributed by atoms with Gasteiger partial charge in [0.2, 0.25) is 10.0 Å². The molecule has 7 nitrogen and oxygen atoms in total. The van der Waals surface area contributed by atoms with E-state index in [0.29, 0.717) is 44.0 Å². The number of nitrogens with one attached hydrogen (secondary N) is 1. The van der Waals surface area contributed by atoms with Crippen LogP contribution in [0.15, 0.2) is 41.3 Å². The molecule has 1 atom stereocenters. The molecule has 2 aliphatic heterocycles. The van der Waals surface area contributed by atoms with Crippen molar-refractivity contribution >= 4 is 15.9 Å². The first kappa shape index (κ1) is 20.8. The van der Waals surface area contributed by atoms with E-state index in [1.807, 2.05) is 19.1 Å². The molecule has 0 saturated carbocycles. The van der Waals surface area contributed by atoms with Crippen LogP contribution in [0, 0.1) is 6.92 Å². The van der Waals surface area contributed by atoms with Gasteiger partial charge < -0.3 is 14.8 Å². The van der Waals surface area contributed by atoms with Crippen LogP contribution in [-0.2, 0) is 27.7 Å². The van der Waals surface area contributed by atoms with Gasteiger partial charge in [0.15, 0.2) is 0 Å². The van der Waals surface area contributed by atoms with Crippen molar-refractivity contribution in [3.63, 3.8) is 0 Å². The summed E-state index contributed by atoms with van der Waals surface area (Å²) in [7, 11) is -2.05. The number of methoxy groups -OCH3 is 1. The highest BCUT2D eigenvalue weighted by Crippen LogP contribution is 2.28. The lowest BCUT2D eigenvalue weighted by Gasteiger charge is -2.28. The van der Waals surface area contributed by atoms with Crippen LogP contribution in [0.5, 0.6) is 5.75 Å². The summed E-state index contributed by atoms with van der Waals surface area (Å²) in [5, 5.41) is 2.99. The fourth-order valence-electron chi connectivity index (χ4n) is 3.95. The summed E-state index contributed by atoms with van der Waals surface area (Å²) in [5.74, 6) is 0.546. The fraction of sp³-hybridized carbons (Fsp3) is 0.409. The van der Waals surface area contributed by atoms with E-state index < -0.39 is 10.0 Å². The number of hydrogen-bond donors (Lipinski definition) is 1. The second-order valence-electron chi connectivity index (χ2n) is 7.74. The molecule has 0 aliphatic carbocycles. The lowest BCUT2D eigenvalue weighted by atomic mass is 9.98. The Hall–Kier alpha value is -2.42. The number of sulfonamides is 1. The first-order valence-electron chi connectivity index (χ1n) is 10.0. The average Bonchev–Trinajstić information content (AvgIpc) is 3.25. The van der Waals surface area contributed by atoms with E-state index in [2.05, 4.69) is 5.32 Å². The van der Waals surface area contributed by atoms with Crippen molar-refractivity contribution < 1.29 is 22.7 Å². The molecule has 1 fully saturated rings. The molecule has 0 radical (unpaired) electrons. The predicted octanol–water partition coefficient (Wildman–Crippen LogP) is 2.27. The third-order valence-electron chi connectivity index (χ3n) is 5.71. The molecule has 1 amide bonds. The highest BCUT2D eigenvalue weighted by atomic mass is 32.2. The Morgan fingerprint density at radius 1 is 1.20 bits per heavy atom. The Morgan fingerprint density at radius 3 is 2.73 bits per heavy atom. The van der Waals surface area contributed by atoms with Gasteiger partial charge in [0.25, 0.3) is 5.91 Å². The molecule has 160 valence electrons. The van der Waals surface area contributed by atoms with E-state index in [1.54, 1.807) is 31.4 Å². The van der Waals surface area contributed by atoms with Crippen LogP contribution in [0.4, 0.5) is 0 Å². The van der Waals surface area contributed by atoms with Gasteiger partial charge in [-0.1, -0.05) is 6.07 Å². The lowest BCUT2D eigenvalue weighted by molar-refractivity contribution is 0.0929. The van der Waals surface area contributed by atoms with Crippen molar-refractivity contribution in [2.24, 2.45) is 0 Å². The van der Waals surface area contributed by atoms with Crippen LogP contribution >= 0.6 is 0 Å². The van der Waals surface area contributed by atoms with Gasteiger partial charge in [0.05, 0.1) is 24.7 Å². The maximum absolute atomic E-state index is 13.1. The number of fused-ring (bicyclic) bond motifs is 1. The van der Waals surface area contributed by atoms with Crippen LogP contribution in [-0.4, -0.2) is 51.5 Å². The highest BCUT2D eigenvalue weighted by molar-refractivity contribution is 7.89. The number of ether oxygens (including phenoxy) is 2. The Bertz CT molecular complexity index is 1060. The fourth-order valence-corrected chi connectivity index (χ4v) is 5.46. The molecular weight excluding hydrogens is 404 g/mol. The maximum atomic E-state index is 13.1. The molecule has 2 aliphatic rings. The summed E-state index contributed by atoms with van der Waals surface area (Å²) in [6.07, 6.45) is 1.39. The molecule has 2 heterocycles. The summed E-state index contributed by atoms with van der Waals surface area (Å²) in [6, 6.07) is 10.5. The number of nitrogens with zero attached hydrogens (tertiary/aromatic N) is 1. The van der Waals surface area contributed by atoms with E-state index in [4.69, 9.17) is 9.47 Å². The van der Waals surface area contributed by atoms with E-state index in [0.717, 1.165) is 23.1 Å². The molecule has 0 unspecified atom stereocenters. The zero-order valence-corrected chi connectivity index (χ0v) is 18.0. The number of carbonyl (C=O) groups excluding carboxylic acids is 1. The van der Waals surface area contributed by atoms with Crippen LogP contribution < -0.4 is 10.1 Å². The Labute approximate surface area is 177 Å². The standard InChI is InChI=1S/C22H26N2O5S/c1-15-11-20(5-6-21(15)28-2)30(26,27)24-9-7-16-12-17(3-4-18(16)13-24)22(25)23-19-8-10-29-14-19/h3-6,11-12,19H,7-10,13-14H2,1-2H3,(H,23,25)/t19-/m1/s1. The molecule has 4 rings (SSSR count). The quantitative estimate of drug-likeness (QED) is 0.787. The Balaban J connectivity index is 1.50. The van der Waals surface area contributed by atoms with Gasteiger partial charge in [-0.3, -0.25) is 4.79 Å². The number of aryl methyl sites for hydroxylation is 1. The van der Waals surface area contributed by atoms with Crippen molar-refractivity contribution in [1.29, 1.82) is 0 Å². The molecule has 1 saturated heterocycles. The van der Waals surface area contributed by atoms with E-state index in [9.17, 15) is 13.2 Å². The third kappa shape index (κ3) is 4.08. The highest BCUT2D eigenvalue weighted by Gasteiger charge is 2.29. The van der Waals surface area contributed by atoms with Crippen molar-refractivity contribution in [2.45, 2.75) is 37.2 Å². The summed E-state index contributed by atoms with van der Waals surface area (Å²) in [4.78, 5) is 12.8. The van der Waals surface area contributed by atoms with Gasteiger partial charge >= 0.3 is 0 Å². The third-order valence-corrected chi connectivity index (χ3v) is 7.56. The molecular formula is C22H26N2O5S.